The fourth-order valence-corrected chi connectivity index (χ4v) is 2.42. The number of carboxylic acids is 1. The van der Waals surface area contributed by atoms with Gasteiger partial charge in [-0.1, -0.05) is 18.2 Å². The summed E-state index contributed by atoms with van der Waals surface area (Å²) >= 11 is 0. The summed E-state index contributed by atoms with van der Waals surface area (Å²) in [4.78, 5) is 23.3. The maximum Gasteiger partial charge on any atom is 0.326 e. The lowest BCUT2D eigenvalue weighted by molar-refractivity contribution is -0.143. The van der Waals surface area contributed by atoms with Gasteiger partial charge in [0.25, 0.3) is 0 Å². The molecule has 0 aromatic heterocycles. The lowest BCUT2D eigenvalue weighted by Gasteiger charge is -2.17. The third kappa shape index (κ3) is 4.04. The molecule has 1 aliphatic rings. The minimum atomic E-state index is -1.03. The summed E-state index contributed by atoms with van der Waals surface area (Å²) in [5, 5.41) is 11.9. The quantitative estimate of drug-likeness (QED) is 0.864. The molecule has 21 heavy (non-hydrogen) atoms. The molecule has 0 aliphatic carbocycles. The highest BCUT2D eigenvalue weighted by molar-refractivity contribution is 5.86. The van der Waals surface area contributed by atoms with Gasteiger partial charge in [0.15, 0.2) is 0 Å². The first-order valence-electron chi connectivity index (χ1n) is 7.18. The third-order valence-corrected chi connectivity index (χ3v) is 3.85. The SMILES string of the molecule is Cc1ccc(C[C@H](NC(=O)[C@H]2CCCO2)C(=O)O)cc1C. The number of aryl methyl sites for hydroxylation is 2. The zero-order valence-electron chi connectivity index (χ0n) is 12.4. The highest BCUT2D eigenvalue weighted by Crippen LogP contribution is 2.14. The Balaban J connectivity index is 2.03. The lowest BCUT2D eigenvalue weighted by atomic mass is 10.0. The summed E-state index contributed by atoms with van der Waals surface area (Å²) in [5.41, 5.74) is 3.18. The van der Waals surface area contributed by atoms with Gasteiger partial charge in [-0.3, -0.25) is 4.79 Å². The maximum atomic E-state index is 12.0. The van der Waals surface area contributed by atoms with E-state index in [4.69, 9.17) is 4.74 Å². The number of amides is 1. The van der Waals surface area contributed by atoms with Crippen molar-refractivity contribution in [1.29, 1.82) is 0 Å². The van der Waals surface area contributed by atoms with Crippen LogP contribution in [-0.4, -0.2) is 35.7 Å². The van der Waals surface area contributed by atoms with Gasteiger partial charge < -0.3 is 15.2 Å². The van der Waals surface area contributed by atoms with Crippen molar-refractivity contribution < 1.29 is 19.4 Å². The molecule has 1 aromatic rings. The Bertz CT molecular complexity index is 535. The molecule has 2 atom stereocenters. The van der Waals surface area contributed by atoms with Gasteiger partial charge in [-0.2, -0.15) is 0 Å². The summed E-state index contributed by atoms with van der Waals surface area (Å²) in [5.74, 6) is -1.36. The Hall–Kier alpha value is -1.88. The van der Waals surface area contributed by atoms with E-state index in [1.54, 1.807) is 0 Å². The van der Waals surface area contributed by atoms with E-state index in [1.807, 2.05) is 32.0 Å². The highest BCUT2D eigenvalue weighted by atomic mass is 16.5. The van der Waals surface area contributed by atoms with Crippen LogP contribution < -0.4 is 5.32 Å². The highest BCUT2D eigenvalue weighted by Gasteiger charge is 2.28. The van der Waals surface area contributed by atoms with Crippen LogP contribution >= 0.6 is 0 Å². The van der Waals surface area contributed by atoms with Crippen molar-refractivity contribution in [2.24, 2.45) is 0 Å². The molecule has 0 bridgehead atoms. The molecule has 1 saturated heterocycles. The largest absolute Gasteiger partial charge is 0.480 e. The first-order valence-corrected chi connectivity index (χ1v) is 7.18. The molecular weight excluding hydrogens is 270 g/mol. The Morgan fingerprint density at radius 2 is 2.14 bits per heavy atom. The molecule has 1 amide bonds. The lowest BCUT2D eigenvalue weighted by Crippen LogP contribution is -2.46. The Morgan fingerprint density at radius 3 is 2.71 bits per heavy atom. The summed E-state index contributed by atoms with van der Waals surface area (Å²) < 4.78 is 5.28. The fraction of sp³-hybridized carbons (Fsp3) is 0.500. The molecule has 0 unspecified atom stereocenters. The predicted octanol–water partition coefficient (Wildman–Crippen LogP) is 1.59. The number of benzene rings is 1. The second-order valence-corrected chi connectivity index (χ2v) is 5.52. The molecule has 1 fully saturated rings. The maximum absolute atomic E-state index is 12.0. The third-order valence-electron chi connectivity index (χ3n) is 3.85. The van der Waals surface area contributed by atoms with E-state index in [9.17, 15) is 14.7 Å². The fourth-order valence-electron chi connectivity index (χ4n) is 2.42. The van der Waals surface area contributed by atoms with Crippen LogP contribution in [0, 0.1) is 13.8 Å². The van der Waals surface area contributed by atoms with Gasteiger partial charge in [0.05, 0.1) is 0 Å². The van der Waals surface area contributed by atoms with E-state index in [-0.39, 0.29) is 12.3 Å². The van der Waals surface area contributed by atoms with Gasteiger partial charge in [0.1, 0.15) is 12.1 Å². The number of carbonyl (C=O) groups is 2. The van der Waals surface area contributed by atoms with Crippen LogP contribution in [-0.2, 0) is 20.7 Å². The van der Waals surface area contributed by atoms with Gasteiger partial charge in [0.2, 0.25) is 5.91 Å². The van der Waals surface area contributed by atoms with Crippen LogP contribution in [0.1, 0.15) is 29.5 Å². The van der Waals surface area contributed by atoms with E-state index in [2.05, 4.69) is 5.32 Å². The number of hydrogen-bond acceptors (Lipinski definition) is 3. The molecule has 1 aliphatic heterocycles. The Morgan fingerprint density at radius 1 is 1.38 bits per heavy atom. The minimum Gasteiger partial charge on any atom is -0.480 e. The van der Waals surface area contributed by atoms with Gasteiger partial charge in [-0.05, 0) is 43.4 Å². The van der Waals surface area contributed by atoms with E-state index >= 15 is 0 Å². The molecule has 0 spiro atoms. The van der Waals surface area contributed by atoms with Crippen LogP contribution in [0.15, 0.2) is 18.2 Å². The normalized spacial score (nSPS) is 19.2. The molecule has 5 heteroatoms. The molecule has 114 valence electrons. The Kier molecular flexibility index (Phi) is 4.96. The van der Waals surface area contributed by atoms with Crippen molar-refractivity contribution in [1.82, 2.24) is 5.32 Å². The van der Waals surface area contributed by atoms with Crippen LogP contribution in [0.5, 0.6) is 0 Å². The number of ether oxygens (including phenoxy) is 1. The minimum absolute atomic E-state index is 0.273. The van der Waals surface area contributed by atoms with Gasteiger partial charge in [0, 0.05) is 13.0 Å². The number of nitrogens with one attached hydrogen (secondary N) is 1. The average molecular weight is 291 g/mol. The molecule has 5 nitrogen and oxygen atoms in total. The van der Waals surface area contributed by atoms with E-state index in [1.165, 1.54) is 0 Å². The number of hydrogen-bond donors (Lipinski definition) is 2. The molecule has 2 rings (SSSR count). The van der Waals surface area contributed by atoms with Crippen molar-refractivity contribution in [3.05, 3.63) is 34.9 Å². The number of carbonyl (C=O) groups excluding carboxylic acids is 1. The topological polar surface area (TPSA) is 75.6 Å². The summed E-state index contributed by atoms with van der Waals surface area (Å²) in [6.07, 6.45) is 1.26. The monoisotopic (exact) mass is 291 g/mol. The summed E-state index contributed by atoms with van der Waals surface area (Å²) in [7, 11) is 0. The molecule has 2 N–H and O–H groups in total. The molecule has 0 saturated carbocycles. The van der Waals surface area contributed by atoms with Crippen molar-refractivity contribution in [3.63, 3.8) is 0 Å². The first-order chi connectivity index (χ1) is 9.97. The first kappa shape index (κ1) is 15.5. The standard InChI is InChI=1S/C16H21NO4/c1-10-5-6-12(8-11(10)2)9-13(16(19)20)17-15(18)14-4-3-7-21-14/h5-6,8,13-14H,3-4,7,9H2,1-2H3,(H,17,18)(H,19,20)/t13-,14+/m0/s1. The van der Waals surface area contributed by atoms with Crippen molar-refractivity contribution in [3.8, 4) is 0 Å². The van der Waals surface area contributed by atoms with Crippen molar-refractivity contribution in [2.45, 2.75) is 45.3 Å². The predicted molar refractivity (Wildman–Crippen MR) is 78.2 cm³/mol. The van der Waals surface area contributed by atoms with E-state index in [0.717, 1.165) is 23.1 Å². The van der Waals surface area contributed by atoms with Gasteiger partial charge in [-0.15, -0.1) is 0 Å². The summed E-state index contributed by atoms with van der Waals surface area (Å²) in [6.45, 7) is 4.56. The zero-order chi connectivity index (χ0) is 15.4. The van der Waals surface area contributed by atoms with Crippen LogP contribution in [0.2, 0.25) is 0 Å². The van der Waals surface area contributed by atoms with Gasteiger partial charge >= 0.3 is 5.97 Å². The summed E-state index contributed by atoms with van der Waals surface area (Å²) in [6, 6.07) is 4.90. The number of rotatable bonds is 5. The molecule has 1 heterocycles. The molecule has 0 radical (unpaired) electrons. The van der Waals surface area contributed by atoms with Gasteiger partial charge in [-0.25, -0.2) is 4.79 Å². The second-order valence-electron chi connectivity index (χ2n) is 5.52. The smallest absolute Gasteiger partial charge is 0.326 e. The second kappa shape index (κ2) is 6.72. The molecule has 1 aromatic carbocycles. The molecular formula is C16H21NO4. The number of aliphatic carboxylic acids is 1. The van der Waals surface area contributed by atoms with Crippen LogP contribution in [0.3, 0.4) is 0 Å². The van der Waals surface area contributed by atoms with E-state index < -0.39 is 18.1 Å². The Labute approximate surface area is 124 Å². The van der Waals surface area contributed by atoms with Crippen molar-refractivity contribution >= 4 is 11.9 Å². The zero-order valence-corrected chi connectivity index (χ0v) is 12.4. The van der Waals surface area contributed by atoms with E-state index in [0.29, 0.717) is 13.0 Å². The average Bonchev–Trinajstić information content (AvgIpc) is 2.96. The van der Waals surface area contributed by atoms with Crippen LogP contribution in [0.4, 0.5) is 0 Å². The van der Waals surface area contributed by atoms with Crippen molar-refractivity contribution in [2.75, 3.05) is 6.61 Å². The number of carboxylic acid groups (broad SMARTS) is 1. The van der Waals surface area contributed by atoms with Crippen LogP contribution in [0.25, 0.3) is 0 Å².